The van der Waals surface area contributed by atoms with E-state index < -0.39 is 0 Å². The molecule has 1 saturated heterocycles. The van der Waals surface area contributed by atoms with Crippen LogP contribution in [-0.2, 0) is 4.74 Å². The molecule has 0 radical (unpaired) electrons. The summed E-state index contributed by atoms with van der Waals surface area (Å²) in [6.07, 6.45) is 5.52. The first-order valence-electron chi connectivity index (χ1n) is 7.29. The van der Waals surface area contributed by atoms with Crippen LogP contribution in [0.4, 0.5) is 0 Å². The Morgan fingerprint density at radius 1 is 1.35 bits per heavy atom. The SMILES string of the molecule is CCNC(CCCC(C)(C)C)C1OCCC1C. The number of nitrogens with one attached hydrogen (secondary N) is 1. The molecule has 0 saturated carbocycles. The molecule has 1 heterocycles. The van der Waals surface area contributed by atoms with Crippen molar-refractivity contribution in [1.29, 1.82) is 0 Å². The first kappa shape index (κ1) is 15.0. The van der Waals surface area contributed by atoms with E-state index in [1.165, 1.54) is 25.7 Å². The van der Waals surface area contributed by atoms with Crippen molar-refractivity contribution in [2.75, 3.05) is 13.2 Å². The minimum absolute atomic E-state index is 0.440. The van der Waals surface area contributed by atoms with Crippen LogP contribution in [0.5, 0.6) is 0 Å². The van der Waals surface area contributed by atoms with Gasteiger partial charge >= 0.3 is 0 Å². The number of hydrogen-bond donors (Lipinski definition) is 1. The van der Waals surface area contributed by atoms with Crippen molar-refractivity contribution in [1.82, 2.24) is 5.32 Å². The van der Waals surface area contributed by atoms with Gasteiger partial charge < -0.3 is 10.1 Å². The van der Waals surface area contributed by atoms with Crippen LogP contribution in [0, 0.1) is 11.3 Å². The molecule has 2 heteroatoms. The highest BCUT2D eigenvalue weighted by atomic mass is 16.5. The molecule has 3 atom stereocenters. The van der Waals surface area contributed by atoms with Crippen molar-refractivity contribution in [2.24, 2.45) is 11.3 Å². The second kappa shape index (κ2) is 6.75. The third kappa shape index (κ3) is 5.39. The zero-order chi connectivity index (χ0) is 12.9. The summed E-state index contributed by atoms with van der Waals surface area (Å²) in [4.78, 5) is 0. The Balaban J connectivity index is 2.37. The van der Waals surface area contributed by atoms with E-state index in [0.29, 0.717) is 23.5 Å². The second-order valence-electron chi connectivity index (χ2n) is 6.72. The molecule has 0 bridgehead atoms. The maximum Gasteiger partial charge on any atom is 0.0754 e. The summed E-state index contributed by atoms with van der Waals surface area (Å²) in [6, 6.07) is 0.555. The molecule has 1 aliphatic heterocycles. The molecule has 0 amide bonds. The van der Waals surface area contributed by atoms with Crippen LogP contribution < -0.4 is 5.32 Å². The molecule has 1 N–H and O–H groups in total. The maximum absolute atomic E-state index is 5.90. The van der Waals surface area contributed by atoms with Gasteiger partial charge in [0.25, 0.3) is 0 Å². The average Bonchev–Trinajstić information content (AvgIpc) is 2.61. The van der Waals surface area contributed by atoms with Crippen LogP contribution in [0.3, 0.4) is 0 Å². The fourth-order valence-electron chi connectivity index (χ4n) is 2.73. The summed E-state index contributed by atoms with van der Waals surface area (Å²) in [5.41, 5.74) is 0.457. The van der Waals surface area contributed by atoms with Crippen LogP contribution in [0.1, 0.15) is 60.3 Å². The van der Waals surface area contributed by atoms with Gasteiger partial charge in [-0.1, -0.05) is 41.0 Å². The minimum atomic E-state index is 0.440. The largest absolute Gasteiger partial charge is 0.376 e. The monoisotopic (exact) mass is 241 g/mol. The van der Waals surface area contributed by atoms with E-state index in [1.54, 1.807) is 0 Å². The van der Waals surface area contributed by atoms with Gasteiger partial charge in [0, 0.05) is 12.6 Å². The summed E-state index contributed by atoms with van der Waals surface area (Å²) < 4.78 is 5.90. The van der Waals surface area contributed by atoms with E-state index in [-0.39, 0.29) is 0 Å². The lowest BCUT2D eigenvalue weighted by Crippen LogP contribution is -2.42. The molecule has 3 unspecified atom stereocenters. The summed E-state index contributed by atoms with van der Waals surface area (Å²) in [6.45, 7) is 13.5. The lowest BCUT2D eigenvalue weighted by molar-refractivity contribution is 0.0571. The van der Waals surface area contributed by atoms with Gasteiger partial charge in [0.05, 0.1) is 6.10 Å². The first-order chi connectivity index (χ1) is 7.94. The average molecular weight is 241 g/mol. The van der Waals surface area contributed by atoms with Gasteiger partial charge in [-0.2, -0.15) is 0 Å². The Morgan fingerprint density at radius 2 is 2.06 bits per heavy atom. The van der Waals surface area contributed by atoms with Crippen molar-refractivity contribution in [3.05, 3.63) is 0 Å². The van der Waals surface area contributed by atoms with E-state index >= 15 is 0 Å². The van der Waals surface area contributed by atoms with E-state index in [4.69, 9.17) is 4.74 Å². The van der Waals surface area contributed by atoms with E-state index in [1.807, 2.05) is 0 Å². The summed E-state index contributed by atoms with van der Waals surface area (Å²) >= 11 is 0. The van der Waals surface area contributed by atoms with Gasteiger partial charge in [0.1, 0.15) is 0 Å². The number of rotatable bonds is 6. The Labute approximate surface area is 108 Å². The molecular formula is C15H31NO. The van der Waals surface area contributed by atoms with Crippen molar-refractivity contribution < 1.29 is 4.74 Å². The van der Waals surface area contributed by atoms with Crippen molar-refractivity contribution in [3.8, 4) is 0 Å². The number of likely N-dealkylation sites (N-methyl/N-ethyl adjacent to an activating group) is 1. The molecule has 0 aromatic rings. The zero-order valence-electron chi connectivity index (χ0n) is 12.4. The van der Waals surface area contributed by atoms with Crippen molar-refractivity contribution in [3.63, 3.8) is 0 Å². The molecule has 1 aliphatic rings. The standard InChI is InChI=1S/C15H31NO/c1-6-16-13(8-7-10-15(3,4)5)14-12(2)9-11-17-14/h12-14,16H,6-11H2,1-5H3. The highest BCUT2D eigenvalue weighted by molar-refractivity contribution is 4.85. The van der Waals surface area contributed by atoms with E-state index in [0.717, 1.165) is 13.2 Å². The summed E-state index contributed by atoms with van der Waals surface area (Å²) in [5.74, 6) is 0.716. The van der Waals surface area contributed by atoms with Crippen LogP contribution in [-0.4, -0.2) is 25.3 Å². The Morgan fingerprint density at radius 3 is 2.53 bits per heavy atom. The molecule has 1 rings (SSSR count). The molecule has 2 nitrogen and oxygen atoms in total. The van der Waals surface area contributed by atoms with Crippen LogP contribution in [0.2, 0.25) is 0 Å². The Hall–Kier alpha value is -0.0800. The van der Waals surface area contributed by atoms with Gasteiger partial charge in [-0.15, -0.1) is 0 Å². The minimum Gasteiger partial charge on any atom is -0.376 e. The molecule has 1 fully saturated rings. The predicted molar refractivity (Wildman–Crippen MR) is 74.3 cm³/mol. The third-order valence-corrected chi connectivity index (χ3v) is 3.75. The van der Waals surface area contributed by atoms with Gasteiger partial charge in [0.2, 0.25) is 0 Å². The predicted octanol–water partition coefficient (Wildman–Crippen LogP) is 3.61. The van der Waals surface area contributed by atoms with Crippen LogP contribution >= 0.6 is 0 Å². The summed E-state index contributed by atoms with van der Waals surface area (Å²) in [5, 5.41) is 3.62. The second-order valence-corrected chi connectivity index (χ2v) is 6.72. The van der Waals surface area contributed by atoms with Crippen molar-refractivity contribution >= 4 is 0 Å². The van der Waals surface area contributed by atoms with Gasteiger partial charge in [0.15, 0.2) is 0 Å². The maximum atomic E-state index is 5.90. The van der Waals surface area contributed by atoms with Crippen LogP contribution in [0.25, 0.3) is 0 Å². The molecular weight excluding hydrogens is 210 g/mol. The normalized spacial score (nSPS) is 27.4. The third-order valence-electron chi connectivity index (χ3n) is 3.75. The summed E-state index contributed by atoms with van der Waals surface area (Å²) in [7, 11) is 0. The zero-order valence-corrected chi connectivity index (χ0v) is 12.4. The molecule has 0 aromatic heterocycles. The highest BCUT2D eigenvalue weighted by Crippen LogP contribution is 2.27. The van der Waals surface area contributed by atoms with Gasteiger partial charge in [-0.05, 0) is 37.1 Å². The fraction of sp³-hybridized carbons (Fsp3) is 1.00. The smallest absolute Gasteiger partial charge is 0.0754 e. The topological polar surface area (TPSA) is 21.3 Å². The van der Waals surface area contributed by atoms with Crippen LogP contribution in [0.15, 0.2) is 0 Å². The van der Waals surface area contributed by atoms with Gasteiger partial charge in [-0.3, -0.25) is 0 Å². The lowest BCUT2D eigenvalue weighted by atomic mass is 9.87. The van der Waals surface area contributed by atoms with Gasteiger partial charge in [-0.25, -0.2) is 0 Å². The van der Waals surface area contributed by atoms with E-state index in [2.05, 4.69) is 39.9 Å². The highest BCUT2D eigenvalue weighted by Gasteiger charge is 2.31. The Bertz CT molecular complexity index is 209. The number of ether oxygens (including phenoxy) is 1. The van der Waals surface area contributed by atoms with Crippen molar-refractivity contribution in [2.45, 2.75) is 72.4 Å². The fourth-order valence-corrected chi connectivity index (χ4v) is 2.73. The first-order valence-corrected chi connectivity index (χ1v) is 7.29. The molecule has 0 aliphatic carbocycles. The molecule has 0 spiro atoms. The quantitative estimate of drug-likeness (QED) is 0.767. The lowest BCUT2D eigenvalue weighted by Gasteiger charge is -2.28. The Kier molecular flexibility index (Phi) is 5.94. The number of hydrogen-bond acceptors (Lipinski definition) is 2. The molecule has 102 valence electrons. The molecule has 17 heavy (non-hydrogen) atoms. The van der Waals surface area contributed by atoms with E-state index in [9.17, 15) is 0 Å². The molecule has 0 aromatic carbocycles.